The van der Waals surface area contributed by atoms with Gasteiger partial charge in [-0.1, -0.05) is 0 Å². The molecular formula is C15H26N2O2S. The molecule has 3 atom stereocenters. The summed E-state index contributed by atoms with van der Waals surface area (Å²) in [7, 11) is 0. The van der Waals surface area contributed by atoms with E-state index < -0.39 is 0 Å². The minimum Gasteiger partial charge on any atom is -0.376 e. The van der Waals surface area contributed by atoms with Crippen LogP contribution in [0.25, 0.3) is 0 Å². The largest absolute Gasteiger partial charge is 0.376 e. The number of nitrogens with two attached hydrogens (primary N) is 1. The highest BCUT2D eigenvalue weighted by Crippen LogP contribution is 2.33. The van der Waals surface area contributed by atoms with Crippen LogP contribution >= 0.6 is 11.8 Å². The van der Waals surface area contributed by atoms with Gasteiger partial charge in [-0.3, -0.25) is 4.79 Å². The highest BCUT2D eigenvalue weighted by molar-refractivity contribution is 7.99. The third-order valence-electron chi connectivity index (χ3n) is 4.73. The van der Waals surface area contributed by atoms with E-state index in [1.165, 1.54) is 18.6 Å². The molecule has 0 radical (unpaired) electrons. The normalized spacial score (nSPS) is 31.4. The molecule has 0 bridgehead atoms. The van der Waals surface area contributed by atoms with E-state index in [4.69, 9.17) is 10.5 Å². The molecule has 1 saturated carbocycles. The predicted molar refractivity (Wildman–Crippen MR) is 81.7 cm³/mol. The Morgan fingerprint density at radius 3 is 2.80 bits per heavy atom. The lowest BCUT2D eigenvalue weighted by Gasteiger charge is -2.31. The molecule has 3 unspecified atom stereocenters. The molecule has 3 fully saturated rings. The Hall–Kier alpha value is -0.260. The standard InChI is InChI=1S/C15H26N2O2S/c16-14(11-3-4-11)8-15(18)17(12-5-7-20-10-12)9-13-2-1-6-19-13/h11-14H,1-10,16H2. The summed E-state index contributed by atoms with van der Waals surface area (Å²) < 4.78 is 5.73. The van der Waals surface area contributed by atoms with Gasteiger partial charge in [-0.15, -0.1) is 0 Å². The molecule has 1 aliphatic carbocycles. The van der Waals surface area contributed by atoms with Crippen LogP contribution in [0.5, 0.6) is 0 Å². The van der Waals surface area contributed by atoms with Crippen molar-refractivity contribution in [1.82, 2.24) is 4.90 Å². The fourth-order valence-corrected chi connectivity index (χ4v) is 4.46. The number of carbonyl (C=O) groups is 1. The number of rotatable bonds is 6. The van der Waals surface area contributed by atoms with E-state index in [-0.39, 0.29) is 18.1 Å². The van der Waals surface area contributed by atoms with Crippen LogP contribution in [0.15, 0.2) is 0 Å². The molecule has 2 N–H and O–H groups in total. The number of nitrogens with zero attached hydrogens (tertiary/aromatic N) is 1. The maximum Gasteiger partial charge on any atom is 0.224 e. The molecule has 0 aromatic heterocycles. The van der Waals surface area contributed by atoms with Gasteiger partial charge in [0.15, 0.2) is 0 Å². The highest BCUT2D eigenvalue weighted by Gasteiger charge is 2.34. The van der Waals surface area contributed by atoms with Gasteiger partial charge in [0.25, 0.3) is 0 Å². The van der Waals surface area contributed by atoms with Crippen molar-refractivity contribution in [3.63, 3.8) is 0 Å². The van der Waals surface area contributed by atoms with Gasteiger partial charge in [0, 0.05) is 37.4 Å². The van der Waals surface area contributed by atoms with Crippen molar-refractivity contribution in [2.75, 3.05) is 24.7 Å². The maximum absolute atomic E-state index is 12.6. The molecule has 20 heavy (non-hydrogen) atoms. The van der Waals surface area contributed by atoms with Gasteiger partial charge in [0.1, 0.15) is 0 Å². The Morgan fingerprint density at radius 2 is 2.20 bits per heavy atom. The number of thioether (sulfide) groups is 1. The van der Waals surface area contributed by atoms with Crippen molar-refractivity contribution in [3.05, 3.63) is 0 Å². The molecule has 0 spiro atoms. The van der Waals surface area contributed by atoms with Gasteiger partial charge in [-0.05, 0) is 43.8 Å². The maximum atomic E-state index is 12.6. The van der Waals surface area contributed by atoms with Crippen LogP contribution in [0.3, 0.4) is 0 Å². The monoisotopic (exact) mass is 298 g/mol. The number of amides is 1. The molecule has 1 amide bonds. The first-order valence-electron chi connectivity index (χ1n) is 7.98. The van der Waals surface area contributed by atoms with E-state index >= 15 is 0 Å². The molecule has 2 aliphatic heterocycles. The lowest BCUT2D eigenvalue weighted by Crippen LogP contribution is -2.46. The van der Waals surface area contributed by atoms with Gasteiger partial charge in [0.2, 0.25) is 5.91 Å². The molecule has 0 aromatic carbocycles. The van der Waals surface area contributed by atoms with Crippen LogP contribution in [-0.4, -0.2) is 53.7 Å². The number of hydrogen-bond acceptors (Lipinski definition) is 4. The molecule has 3 rings (SSSR count). The van der Waals surface area contributed by atoms with Crippen molar-refractivity contribution in [3.8, 4) is 0 Å². The van der Waals surface area contributed by atoms with Crippen LogP contribution in [0.4, 0.5) is 0 Å². The average molecular weight is 298 g/mol. The quantitative estimate of drug-likeness (QED) is 0.810. The zero-order valence-electron chi connectivity index (χ0n) is 12.1. The molecule has 2 saturated heterocycles. The first-order valence-corrected chi connectivity index (χ1v) is 9.14. The van der Waals surface area contributed by atoms with E-state index in [1.807, 2.05) is 11.8 Å². The summed E-state index contributed by atoms with van der Waals surface area (Å²) in [5.74, 6) is 3.11. The van der Waals surface area contributed by atoms with Gasteiger partial charge in [-0.25, -0.2) is 0 Å². The smallest absolute Gasteiger partial charge is 0.224 e. The summed E-state index contributed by atoms with van der Waals surface area (Å²) in [5.41, 5.74) is 6.14. The van der Waals surface area contributed by atoms with E-state index in [2.05, 4.69) is 4.90 Å². The van der Waals surface area contributed by atoms with Gasteiger partial charge >= 0.3 is 0 Å². The van der Waals surface area contributed by atoms with Gasteiger partial charge < -0.3 is 15.4 Å². The fraction of sp³-hybridized carbons (Fsp3) is 0.933. The van der Waals surface area contributed by atoms with Crippen molar-refractivity contribution in [2.24, 2.45) is 11.7 Å². The molecule has 0 aromatic rings. The summed E-state index contributed by atoms with van der Waals surface area (Å²) in [6.07, 6.45) is 6.55. The van der Waals surface area contributed by atoms with Crippen LogP contribution in [0.1, 0.15) is 38.5 Å². The second-order valence-electron chi connectivity index (χ2n) is 6.40. The Morgan fingerprint density at radius 1 is 1.35 bits per heavy atom. The number of ether oxygens (including phenoxy) is 1. The molecule has 5 heteroatoms. The Labute approximate surface area is 125 Å². The average Bonchev–Trinajstić information content (AvgIpc) is 2.93. The third-order valence-corrected chi connectivity index (χ3v) is 5.87. The molecule has 2 heterocycles. The summed E-state index contributed by atoms with van der Waals surface area (Å²) in [5, 5.41) is 0. The lowest BCUT2D eigenvalue weighted by molar-refractivity contribution is -0.135. The molecule has 4 nitrogen and oxygen atoms in total. The van der Waals surface area contributed by atoms with Crippen molar-refractivity contribution >= 4 is 17.7 Å². The Kier molecular flexibility index (Phi) is 4.89. The number of carbonyl (C=O) groups excluding carboxylic acids is 1. The molecule has 114 valence electrons. The lowest BCUT2D eigenvalue weighted by atomic mass is 10.1. The minimum atomic E-state index is 0.0727. The van der Waals surface area contributed by atoms with Crippen LogP contribution < -0.4 is 5.73 Å². The zero-order valence-corrected chi connectivity index (χ0v) is 12.9. The van der Waals surface area contributed by atoms with E-state index in [0.717, 1.165) is 38.2 Å². The minimum absolute atomic E-state index is 0.0727. The van der Waals surface area contributed by atoms with Crippen LogP contribution in [-0.2, 0) is 9.53 Å². The Bertz CT molecular complexity index is 337. The van der Waals surface area contributed by atoms with Gasteiger partial charge in [0.05, 0.1) is 6.10 Å². The van der Waals surface area contributed by atoms with E-state index in [1.54, 1.807) is 0 Å². The first kappa shape index (κ1) is 14.7. The second kappa shape index (κ2) is 6.67. The van der Waals surface area contributed by atoms with Crippen LogP contribution in [0, 0.1) is 5.92 Å². The van der Waals surface area contributed by atoms with Gasteiger partial charge in [-0.2, -0.15) is 11.8 Å². The summed E-state index contributed by atoms with van der Waals surface area (Å²) in [4.78, 5) is 14.7. The van der Waals surface area contributed by atoms with E-state index in [0.29, 0.717) is 18.4 Å². The zero-order chi connectivity index (χ0) is 13.9. The number of hydrogen-bond donors (Lipinski definition) is 1. The first-order chi connectivity index (χ1) is 9.74. The summed E-state index contributed by atoms with van der Waals surface area (Å²) in [6, 6.07) is 0.478. The fourth-order valence-electron chi connectivity index (χ4n) is 3.24. The highest BCUT2D eigenvalue weighted by atomic mass is 32.2. The summed E-state index contributed by atoms with van der Waals surface area (Å²) in [6.45, 7) is 1.63. The summed E-state index contributed by atoms with van der Waals surface area (Å²) >= 11 is 1.96. The third kappa shape index (κ3) is 3.68. The van der Waals surface area contributed by atoms with Crippen molar-refractivity contribution in [1.29, 1.82) is 0 Å². The van der Waals surface area contributed by atoms with E-state index in [9.17, 15) is 4.79 Å². The Balaban J connectivity index is 1.58. The topological polar surface area (TPSA) is 55.6 Å². The van der Waals surface area contributed by atoms with Crippen molar-refractivity contribution in [2.45, 2.75) is 56.7 Å². The molecule has 3 aliphatic rings. The predicted octanol–water partition coefficient (Wildman–Crippen LogP) is 1.63. The second-order valence-corrected chi connectivity index (χ2v) is 7.55. The molecular weight excluding hydrogens is 272 g/mol. The van der Waals surface area contributed by atoms with Crippen LogP contribution in [0.2, 0.25) is 0 Å². The van der Waals surface area contributed by atoms with Crippen molar-refractivity contribution < 1.29 is 9.53 Å². The SMILES string of the molecule is NC(CC(=O)N(CC1CCCO1)C1CCSC1)C1CC1.